The second kappa shape index (κ2) is 10.5. The smallest absolute Gasteiger partial charge is 0.347 e. The van der Waals surface area contributed by atoms with E-state index in [1.54, 1.807) is 30.3 Å². The van der Waals surface area contributed by atoms with E-state index in [4.69, 9.17) is 18.9 Å². The summed E-state index contributed by atoms with van der Waals surface area (Å²) in [6, 6.07) is 20.6. The van der Waals surface area contributed by atoms with Gasteiger partial charge in [-0.1, -0.05) is 46.3 Å². The van der Waals surface area contributed by atoms with Gasteiger partial charge in [0.15, 0.2) is 0 Å². The molecule has 3 rings (SSSR count). The van der Waals surface area contributed by atoms with Crippen LogP contribution in [0.15, 0.2) is 77.3 Å². The number of methoxy groups -OCH3 is 1. The number of carbonyl (C=O) groups is 2. The monoisotopic (exact) mass is 470 g/mol. The maximum Gasteiger partial charge on any atom is 0.347 e. The van der Waals surface area contributed by atoms with Gasteiger partial charge < -0.3 is 18.9 Å². The van der Waals surface area contributed by atoms with Gasteiger partial charge in [-0.25, -0.2) is 9.59 Å². The van der Waals surface area contributed by atoms with Gasteiger partial charge in [0.25, 0.3) is 0 Å². The zero-order chi connectivity index (χ0) is 21.3. The van der Waals surface area contributed by atoms with E-state index in [1.165, 1.54) is 19.2 Å². The lowest BCUT2D eigenvalue weighted by Gasteiger charge is -2.12. The second-order valence-electron chi connectivity index (χ2n) is 6.03. The summed E-state index contributed by atoms with van der Waals surface area (Å²) in [6.07, 6.45) is 0. The number of para-hydroxylation sites is 2. The molecule has 6 nitrogen and oxygen atoms in total. The van der Waals surface area contributed by atoms with Crippen molar-refractivity contribution >= 4 is 27.9 Å². The van der Waals surface area contributed by atoms with Gasteiger partial charge in [0, 0.05) is 4.47 Å². The molecule has 0 aromatic heterocycles. The molecule has 0 bridgehead atoms. The van der Waals surface area contributed by atoms with Crippen LogP contribution in [0.1, 0.15) is 20.7 Å². The Morgan fingerprint density at radius 1 is 0.800 bits per heavy atom. The Bertz CT molecular complexity index is 1020. The minimum atomic E-state index is -0.652. The quantitative estimate of drug-likeness (QED) is 0.264. The lowest BCUT2D eigenvalue weighted by atomic mass is 10.2. The molecule has 0 unspecified atom stereocenters. The van der Waals surface area contributed by atoms with Crippen molar-refractivity contribution in [1.82, 2.24) is 0 Å². The summed E-state index contributed by atoms with van der Waals surface area (Å²) in [6.45, 7) is 0.252. The van der Waals surface area contributed by atoms with Crippen LogP contribution >= 0.6 is 15.9 Å². The first-order valence-corrected chi connectivity index (χ1v) is 9.87. The van der Waals surface area contributed by atoms with Crippen LogP contribution in [-0.2, 0) is 4.74 Å². The first kappa shape index (κ1) is 21.4. The summed E-state index contributed by atoms with van der Waals surface area (Å²) in [5.74, 6) is -0.122. The predicted octanol–water partition coefficient (Wildman–Crippen LogP) is 4.91. The van der Waals surface area contributed by atoms with Crippen molar-refractivity contribution in [3.05, 3.63) is 88.4 Å². The van der Waals surface area contributed by atoms with Gasteiger partial charge in [-0.05, 0) is 42.5 Å². The molecule has 3 aromatic carbocycles. The number of esters is 2. The third-order valence-electron chi connectivity index (χ3n) is 4.02. The highest BCUT2D eigenvalue weighted by Gasteiger charge is 2.20. The van der Waals surface area contributed by atoms with Crippen molar-refractivity contribution in [2.75, 3.05) is 20.3 Å². The van der Waals surface area contributed by atoms with Gasteiger partial charge >= 0.3 is 11.9 Å². The third kappa shape index (κ3) is 5.61. The predicted molar refractivity (Wildman–Crippen MR) is 114 cm³/mol. The van der Waals surface area contributed by atoms with Crippen LogP contribution in [0.2, 0.25) is 0 Å². The molecule has 0 amide bonds. The molecule has 154 valence electrons. The minimum absolute atomic E-state index is 0.0511. The summed E-state index contributed by atoms with van der Waals surface area (Å²) in [5, 5.41) is 0. The molecule has 0 saturated heterocycles. The van der Waals surface area contributed by atoms with Crippen LogP contribution in [0, 0.1) is 0 Å². The van der Waals surface area contributed by atoms with E-state index in [-0.39, 0.29) is 30.1 Å². The first-order chi connectivity index (χ1) is 14.6. The van der Waals surface area contributed by atoms with Crippen LogP contribution in [0.3, 0.4) is 0 Å². The van der Waals surface area contributed by atoms with E-state index in [0.29, 0.717) is 16.0 Å². The summed E-state index contributed by atoms with van der Waals surface area (Å²) in [5.41, 5.74) is 0.367. The zero-order valence-electron chi connectivity index (χ0n) is 16.2. The van der Waals surface area contributed by atoms with E-state index in [2.05, 4.69) is 15.9 Å². The number of hydrogen-bond donors (Lipinski definition) is 0. The average molecular weight is 471 g/mol. The summed E-state index contributed by atoms with van der Waals surface area (Å²) >= 11 is 3.32. The van der Waals surface area contributed by atoms with E-state index >= 15 is 0 Å². The Kier molecular flexibility index (Phi) is 7.45. The number of rotatable bonds is 8. The van der Waals surface area contributed by atoms with Gasteiger partial charge in [-0.3, -0.25) is 0 Å². The van der Waals surface area contributed by atoms with Gasteiger partial charge in [0.05, 0.1) is 7.11 Å². The molecule has 7 heteroatoms. The Morgan fingerprint density at radius 3 is 2.30 bits per heavy atom. The van der Waals surface area contributed by atoms with Crippen molar-refractivity contribution < 1.29 is 28.5 Å². The molecule has 3 aromatic rings. The number of carbonyl (C=O) groups excluding carboxylic acids is 2. The van der Waals surface area contributed by atoms with Crippen molar-refractivity contribution in [1.29, 1.82) is 0 Å². The average Bonchev–Trinajstić information content (AvgIpc) is 2.77. The Morgan fingerprint density at radius 2 is 1.53 bits per heavy atom. The van der Waals surface area contributed by atoms with Crippen molar-refractivity contribution in [3.63, 3.8) is 0 Å². The lowest BCUT2D eigenvalue weighted by molar-refractivity contribution is 0.0445. The number of halogens is 1. The molecular formula is C23H19BrO6. The third-order valence-corrected chi connectivity index (χ3v) is 4.51. The number of hydrogen-bond acceptors (Lipinski definition) is 6. The molecule has 0 N–H and O–H groups in total. The van der Waals surface area contributed by atoms with Crippen LogP contribution < -0.4 is 14.2 Å². The van der Waals surface area contributed by atoms with Crippen LogP contribution in [-0.4, -0.2) is 32.3 Å². The molecule has 0 aliphatic heterocycles. The lowest BCUT2D eigenvalue weighted by Crippen LogP contribution is -2.16. The molecule has 30 heavy (non-hydrogen) atoms. The molecule has 0 aliphatic carbocycles. The molecule has 0 aliphatic rings. The zero-order valence-corrected chi connectivity index (χ0v) is 17.8. The molecule has 0 atom stereocenters. The maximum atomic E-state index is 12.6. The highest BCUT2D eigenvalue weighted by Crippen LogP contribution is 2.26. The Balaban J connectivity index is 1.64. The summed E-state index contributed by atoms with van der Waals surface area (Å²) in [7, 11) is 1.46. The second-order valence-corrected chi connectivity index (χ2v) is 6.94. The molecule has 0 fully saturated rings. The van der Waals surface area contributed by atoms with E-state index in [0.717, 1.165) is 0 Å². The SMILES string of the molecule is COc1ccc(Br)cc1C(=O)Oc1ccccc1C(=O)OCCOc1ccccc1. The van der Waals surface area contributed by atoms with Crippen LogP contribution in [0.5, 0.6) is 17.2 Å². The Hall–Kier alpha value is -3.32. The summed E-state index contributed by atoms with van der Waals surface area (Å²) in [4.78, 5) is 25.1. The fraction of sp³-hybridized carbons (Fsp3) is 0.130. The van der Waals surface area contributed by atoms with Crippen molar-refractivity contribution in [3.8, 4) is 17.2 Å². The maximum absolute atomic E-state index is 12.6. The van der Waals surface area contributed by atoms with E-state index in [1.807, 2.05) is 30.3 Å². The highest BCUT2D eigenvalue weighted by atomic mass is 79.9. The molecule has 0 heterocycles. The minimum Gasteiger partial charge on any atom is -0.496 e. The number of benzene rings is 3. The molecule has 0 saturated carbocycles. The van der Waals surface area contributed by atoms with Crippen molar-refractivity contribution in [2.24, 2.45) is 0 Å². The van der Waals surface area contributed by atoms with Crippen LogP contribution in [0.25, 0.3) is 0 Å². The standard InChI is InChI=1S/C23H19BrO6/c1-27-20-12-11-16(24)15-19(20)23(26)30-21-10-6-5-9-18(21)22(25)29-14-13-28-17-7-3-2-4-8-17/h2-12,15H,13-14H2,1H3. The Labute approximate surface area is 182 Å². The van der Waals surface area contributed by atoms with E-state index in [9.17, 15) is 9.59 Å². The topological polar surface area (TPSA) is 71.1 Å². The highest BCUT2D eigenvalue weighted by molar-refractivity contribution is 9.10. The van der Waals surface area contributed by atoms with Gasteiger partial charge in [-0.15, -0.1) is 0 Å². The number of ether oxygens (including phenoxy) is 4. The molecule has 0 spiro atoms. The first-order valence-electron chi connectivity index (χ1n) is 9.08. The van der Waals surface area contributed by atoms with Gasteiger partial charge in [0.2, 0.25) is 0 Å². The normalized spacial score (nSPS) is 10.2. The fourth-order valence-corrected chi connectivity index (χ4v) is 2.97. The molecular weight excluding hydrogens is 452 g/mol. The van der Waals surface area contributed by atoms with Gasteiger partial charge in [0.1, 0.15) is 41.6 Å². The van der Waals surface area contributed by atoms with E-state index < -0.39 is 11.9 Å². The largest absolute Gasteiger partial charge is 0.496 e. The fourth-order valence-electron chi connectivity index (χ4n) is 2.61. The van der Waals surface area contributed by atoms with Gasteiger partial charge in [-0.2, -0.15) is 0 Å². The molecule has 0 radical (unpaired) electrons. The van der Waals surface area contributed by atoms with Crippen LogP contribution in [0.4, 0.5) is 0 Å². The summed E-state index contributed by atoms with van der Waals surface area (Å²) < 4.78 is 22.1. The van der Waals surface area contributed by atoms with Crippen molar-refractivity contribution in [2.45, 2.75) is 0 Å².